The summed E-state index contributed by atoms with van der Waals surface area (Å²) in [5, 5.41) is 9.12. The van der Waals surface area contributed by atoms with Crippen LogP contribution in [-0.2, 0) is 11.3 Å². The van der Waals surface area contributed by atoms with Crippen LogP contribution in [0, 0.1) is 16.7 Å². The molecule has 2 aliphatic heterocycles. The van der Waals surface area contributed by atoms with E-state index < -0.39 is 0 Å². The number of nitriles is 1. The van der Waals surface area contributed by atoms with Gasteiger partial charge < -0.3 is 9.64 Å². The third-order valence-electron chi connectivity index (χ3n) is 5.25. The second-order valence-corrected chi connectivity index (χ2v) is 7.30. The maximum Gasteiger partial charge on any atom is 0.225 e. The third kappa shape index (κ3) is 3.69. The van der Waals surface area contributed by atoms with Crippen molar-refractivity contribution in [2.24, 2.45) is 5.41 Å². The number of hydrogen-bond donors (Lipinski definition) is 0. The third-order valence-corrected chi connectivity index (χ3v) is 5.25. The van der Waals surface area contributed by atoms with Gasteiger partial charge in [0.15, 0.2) is 0 Å². The minimum atomic E-state index is 0.114. The SMILES string of the molecule is N#Cc1cccc(CN2CCOCC3(CCN(c4ncccn4)C3)C2)c1. The maximum atomic E-state index is 9.12. The van der Waals surface area contributed by atoms with Crippen LogP contribution in [-0.4, -0.2) is 54.3 Å². The van der Waals surface area contributed by atoms with Crippen LogP contribution in [0.1, 0.15) is 17.5 Å². The van der Waals surface area contributed by atoms with Crippen LogP contribution in [0.5, 0.6) is 0 Å². The Hall–Kier alpha value is -2.49. The van der Waals surface area contributed by atoms with Crippen molar-refractivity contribution < 1.29 is 4.74 Å². The molecule has 0 bridgehead atoms. The van der Waals surface area contributed by atoms with E-state index in [9.17, 15) is 0 Å². The molecule has 2 fully saturated rings. The first-order valence-corrected chi connectivity index (χ1v) is 9.08. The predicted molar refractivity (Wildman–Crippen MR) is 98.5 cm³/mol. The minimum Gasteiger partial charge on any atom is -0.379 e. The summed E-state index contributed by atoms with van der Waals surface area (Å²) in [6.07, 6.45) is 4.68. The van der Waals surface area contributed by atoms with E-state index in [1.54, 1.807) is 12.4 Å². The second kappa shape index (κ2) is 7.40. The van der Waals surface area contributed by atoms with Gasteiger partial charge in [-0.1, -0.05) is 12.1 Å². The van der Waals surface area contributed by atoms with E-state index in [4.69, 9.17) is 10.00 Å². The highest BCUT2D eigenvalue weighted by Crippen LogP contribution is 2.35. The summed E-state index contributed by atoms with van der Waals surface area (Å²) in [7, 11) is 0. The van der Waals surface area contributed by atoms with Crippen LogP contribution < -0.4 is 4.90 Å². The lowest BCUT2D eigenvalue weighted by atomic mass is 9.87. The molecule has 1 unspecified atom stereocenters. The first-order chi connectivity index (χ1) is 12.8. The quantitative estimate of drug-likeness (QED) is 0.845. The number of ether oxygens (including phenoxy) is 1. The Morgan fingerprint density at radius 3 is 2.88 bits per heavy atom. The molecule has 0 radical (unpaired) electrons. The largest absolute Gasteiger partial charge is 0.379 e. The number of rotatable bonds is 3. The molecule has 2 saturated heterocycles. The lowest BCUT2D eigenvalue weighted by molar-refractivity contribution is 0.0798. The fourth-order valence-corrected chi connectivity index (χ4v) is 4.02. The van der Waals surface area contributed by atoms with E-state index in [-0.39, 0.29) is 5.41 Å². The summed E-state index contributed by atoms with van der Waals surface area (Å²) in [5.41, 5.74) is 2.02. The van der Waals surface area contributed by atoms with E-state index in [2.05, 4.69) is 31.9 Å². The predicted octanol–water partition coefficient (Wildman–Crippen LogP) is 2.08. The van der Waals surface area contributed by atoms with Crippen molar-refractivity contribution >= 4 is 5.95 Å². The molecule has 3 heterocycles. The molecule has 1 spiro atoms. The van der Waals surface area contributed by atoms with Crippen molar-refractivity contribution in [3.8, 4) is 6.07 Å². The van der Waals surface area contributed by atoms with Crippen LogP contribution in [0.4, 0.5) is 5.95 Å². The van der Waals surface area contributed by atoms with E-state index in [0.29, 0.717) is 0 Å². The van der Waals surface area contributed by atoms with Gasteiger partial charge in [0.1, 0.15) is 0 Å². The molecule has 0 N–H and O–H groups in total. The van der Waals surface area contributed by atoms with Gasteiger partial charge in [0.05, 0.1) is 24.8 Å². The molecule has 0 amide bonds. The highest BCUT2D eigenvalue weighted by molar-refractivity contribution is 5.33. The first kappa shape index (κ1) is 17.0. The van der Waals surface area contributed by atoms with Gasteiger partial charge in [0, 0.05) is 50.5 Å². The van der Waals surface area contributed by atoms with Gasteiger partial charge in [0.2, 0.25) is 5.95 Å². The number of benzene rings is 1. The number of anilines is 1. The van der Waals surface area contributed by atoms with Gasteiger partial charge in [-0.05, 0) is 30.2 Å². The molecular weight excluding hydrogens is 326 g/mol. The van der Waals surface area contributed by atoms with E-state index >= 15 is 0 Å². The molecule has 4 rings (SSSR count). The summed E-state index contributed by atoms with van der Waals surface area (Å²) < 4.78 is 5.97. The van der Waals surface area contributed by atoms with Gasteiger partial charge in [-0.15, -0.1) is 0 Å². The number of hydrogen-bond acceptors (Lipinski definition) is 6. The van der Waals surface area contributed by atoms with E-state index in [1.165, 1.54) is 5.56 Å². The fraction of sp³-hybridized carbons (Fsp3) is 0.450. The highest BCUT2D eigenvalue weighted by Gasteiger charge is 2.41. The molecule has 134 valence electrons. The summed E-state index contributed by atoms with van der Waals surface area (Å²) in [4.78, 5) is 13.5. The average Bonchev–Trinajstić information content (AvgIpc) is 2.99. The Kier molecular flexibility index (Phi) is 4.83. The zero-order chi connectivity index (χ0) is 17.8. The summed E-state index contributed by atoms with van der Waals surface area (Å²) >= 11 is 0. The fourth-order valence-electron chi connectivity index (χ4n) is 4.02. The van der Waals surface area contributed by atoms with Gasteiger partial charge in [0.25, 0.3) is 0 Å². The lowest BCUT2D eigenvalue weighted by Gasteiger charge is -2.31. The number of aromatic nitrogens is 2. The van der Waals surface area contributed by atoms with Gasteiger partial charge in [-0.25, -0.2) is 9.97 Å². The average molecular weight is 349 g/mol. The Morgan fingerprint density at radius 1 is 1.15 bits per heavy atom. The molecular formula is C20H23N5O. The Balaban J connectivity index is 1.47. The molecule has 1 aromatic heterocycles. The summed E-state index contributed by atoms with van der Waals surface area (Å²) in [5.74, 6) is 0.807. The zero-order valence-corrected chi connectivity index (χ0v) is 14.8. The summed E-state index contributed by atoms with van der Waals surface area (Å²) in [6, 6.07) is 12.0. The molecule has 0 saturated carbocycles. The van der Waals surface area contributed by atoms with Crippen molar-refractivity contribution in [2.45, 2.75) is 13.0 Å². The molecule has 2 aromatic rings. The Bertz CT molecular complexity index is 790. The van der Waals surface area contributed by atoms with Gasteiger partial charge in [-0.2, -0.15) is 5.26 Å². The second-order valence-electron chi connectivity index (χ2n) is 7.30. The molecule has 2 aliphatic rings. The lowest BCUT2D eigenvalue weighted by Crippen LogP contribution is -2.40. The van der Waals surface area contributed by atoms with Crippen LogP contribution in [0.15, 0.2) is 42.7 Å². The van der Waals surface area contributed by atoms with Crippen LogP contribution >= 0.6 is 0 Å². The van der Waals surface area contributed by atoms with Crippen molar-refractivity contribution in [2.75, 3.05) is 44.3 Å². The minimum absolute atomic E-state index is 0.114. The van der Waals surface area contributed by atoms with Crippen LogP contribution in [0.25, 0.3) is 0 Å². The van der Waals surface area contributed by atoms with Gasteiger partial charge in [-0.3, -0.25) is 4.90 Å². The van der Waals surface area contributed by atoms with Crippen LogP contribution in [0.3, 0.4) is 0 Å². The Morgan fingerprint density at radius 2 is 2.04 bits per heavy atom. The Labute approximate surface area is 154 Å². The highest BCUT2D eigenvalue weighted by atomic mass is 16.5. The number of nitrogens with zero attached hydrogens (tertiary/aromatic N) is 5. The first-order valence-electron chi connectivity index (χ1n) is 9.08. The van der Waals surface area contributed by atoms with Gasteiger partial charge >= 0.3 is 0 Å². The van der Waals surface area contributed by atoms with E-state index in [0.717, 1.165) is 63.9 Å². The molecule has 1 aromatic carbocycles. The maximum absolute atomic E-state index is 9.12. The molecule has 0 aliphatic carbocycles. The monoisotopic (exact) mass is 349 g/mol. The van der Waals surface area contributed by atoms with Crippen molar-refractivity contribution in [3.63, 3.8) is 0 Å². The van der Waals surface area contributed by atoms with Crippen molar-refractivity contribution in [1.29, 1.82) is 5.26 Å². The molecule has 6 nitrogen and oxygen atoms in total. The van der Waals surface area contributed by atoms with Crippen molar-refractivity contribution in [1.82, 2.24) is 14.9 Å². The summed E-state index contributed by atoms with van der Waals surface area (Å²) in [6.45, 7) is 6.18. The molecule has 1 atom stereocenters. The molecule has 26 heavy (non-hydrogen) atoms. The van der Waals surface area contributed by atoms with Crippen LogP contribution in [0.2, 0.25) is 0 Å². The zero-order valence-electron chi connectivity index (χ0n) is 14.8. The molecule has 6 heteroatoms. The standard InChI is InChI=1S/C20H23N5O/c21-12-17-3-1-4-18(11-17)13-24-9-10-26-16-20(14-24)5-8-25(15-20)19-22-6-2-7-23-19/h1-4,6-7,11H,5,8-10,13-16H2. The van der Waals surface area contributed by atoms with E-state index in [1.807, 2.05) is 24.3 Å². The smallest absolute Gasteiger partial charge is 0.225 e. The normalized spacial score (nSPS) is 23.7. The van der Waals surface area contributed by atoms with Crippen molar-refractivity contribution in [3.05, 3.63) is 53.9 Å². The topological polar surface area (TPSA) is 65.3 Å².